The van der Waals surface area contributed by atoms with Gasteiger partial charge in [-0.05, 0) is 24.6 Å². The van der Waals surface area contributed by atoms with Gasteiger partial charge in [0.15, 0.2) is 0 Å². The highest BCUT2D eigenvalue weighted by atomic mass is 32.1. The average molecular weight is 283 g/mol. The number of benzene rings is 1. The van der Waals surface area contributed by atoms with Gasteiger partial charge in [-0.3, -0.25) is 4.79 Å². The first kappa shape index (κ1) is 13.9. The number of ether oxygens (including phenoxy) is 1. The van der Waals surface area contributed by atoms with E-state index in [9.17, 15) is 14.0 Å². The molecule has 0 radical (unpaired) electrons. The van der Waals surface area contributed by atoms with E-state index in [1.54, 1.807) is 6.92 Å². The number of hydrogen-bond donors (Lipinski definition) is 1. The Morgan fingerprint density at radius 2 is 2.21 bits per heavy atom. The minimum atomic E-state index is -0.757. The van der Waals surface area contributed by atoms with E-state index in [4.69, 9.17) is 0 Å². The molecule has 0 spiro atoms. The van der Waals surface area contributed by atoms with Crippen LogP contribution in [0.25, 0.3) is 0 Å². The molecule has 0 N–H and O–H groups in total. The van der Waals surface area contributed by atoms with E-state index in [1.165, 1.54) is 24.1 Å². The number of carbonyl (C=O) groups excluding carboxylic acids is 2. The summed E-state index contributed by atoms with van der Waals surface area (Å²) in [5.74, 6) is -1.49. The van der Waals surface area contributed by atoms with Crippen LogP contribution in [0.4, 0.5) is 10.1 Å². The van der Waals surface area contributed by atoms with Crippen LogP contribution in [0, 0.1) is 12.7 Å². The summed E-state index contributed by atoms with van der Waals surface area (Å²) in [6.07, 6.45) is 0.341. The second kappa shape index (κ2) is 5.21. The van der Waals surface area contributed by atoms with Gasteiger partial charge in [0.2, 0.25) is 5.91 Å². The van der Waals surface area contributed by atoms with Gasteiger partial charge in [-0.2, -0.15) is 12.6 Å². The van der Waals surface area contributed by atoms with E-state index in [-0.39, 0.29) is 16.7 Å². The number of nitrogens with zero attached hydrogens (tertiary/aromatic N) is 1. The summed E-state index contributed by atoms with van der Waals surface area (Å²) in [4.78, 5) is 24.8. The largest absolute Gasteiger partial charge is 0.465 e. The molecule has 1 aromatic carbocycles. The summed E-state index contributed by atoms with van der Waals surface area (Å²) in [5.41, 5.74) is 0.961. The fraction of sp³-hybridized carbons (Fsp3) is 0.385. The molecule has 1 aliphatic heterocycles. The van der Waals surface area contributed by atoms with E-state index in [0.29, 0.717) is 24.2 Å². The second-order valence-electron chi connectivity index (χ2n) is 4.47. The third-order valence-electron chi connectivity index (χ3n) is 3.09. The van der Waals surface area contributed by atoms with Gasteiger partial charge in [-0.1, -0.05) is 0 Å². The molecule has 0 aromatic heterocycles. The van der Waals surface area contributed by atoms with E-state index >= 15 is 0 Å². The van der Waals surface area contributed by atoms with Crippen LogP contribution in [0.2, 0.25) is 0 Å². The zero-order valence-corrected chi connectivity index (χ0v) is 11.5. The van der Waals surface area contributed by atoms with E-state index in [2.05, 4.69) is 17.4 Å². The summed E-state index contributed by atoms with van der Waals surface area (Å²) in [5, 5.41) is -0.0430. The summed E-state index contributed by atoms with van der Waals surface area (Å²) in [7, 11) is 1.19. The van der Waals surface area contributed by atoms with Crippen molar-refractivity contribution in [2.75, 3.05) is 18.6 Å². The van der Waals surface area contributed by atoms with Crippen molar-refractivity contribution in [3.8, 4) is 0 Å². The molecule has 1 fully saturated rings. The summed E-state index contributed by atoms with van der Waals surface area (Å²) >= 11 is 4.27. The first-order valence-corrected chi connectivity index (χ1v) is 6.32. The molecular weight excluding hydrogens is 269 g/mol. The van der Waals surface area contributed by atoms with Gasteiger partial charge in [0.1, 0.15) is 5.82 Å². The molecule has 102 valence electrons. The van der Waals surface area contributed by atoms with Crippen molar-refractivity contribution in [1.82, 2.24) is 0 Å². The van der Waals surface area contributed by atoms with Crippen molar-refractivity contribution in [3.63, 3.8) is 0 Å². The quantitative estimate of drug-likeness (QED) is 0.666. The molecule has 1 unspecified atom stereocenters. The fourth-order valence-corrected chi connectivity index (χ4v) is 2.46. The molecule has 0 saturated carbocycles. The summed E-state index contributed by atoms with van der Waals surface area (Å²) < 4.78 is 18.2. The molecule has 4 nitrogen and oxygen atoms in total. The van der Waals surface area contributed by atoms with Crippen LogP contribution in [0.1, 0.15) is 22.3 Å². The Balaban J connectivity index is 2.46. The minimum Gasteiger partial charge on any atom is -0.465 e. The van der Waals surface area contributed by atoms with Crippen LogP contribution in [0.15, 0.2) is 12.1 Å². The Hall–Kier alpha value is -1.56. The molecule has 1 atom stereocenters. The summed E-state index contributed by atoms with van der Waals surface area (Å²) in [6.45, 7) is 2.15. The number of aryl methyl sites for hydroxylation is 1. The molecule has 0 bridgehead atoms. The van der Waals surface area contributed by atoms with Gasteiger partial charge < -0.3 is 9.64 Å². The number of rotatable bonds is 2. The lowest BCUT2D eigenvalue weighted by atomic mass is 10.1. The molecular formula is C13H14FNO3S. The molecule has 1 saturated heterocycles. The molecule has 2 rings (SSSR count). The van der Waals surface area contributed by atoms with Gasteiger partial charge in [-0.25, -0.2) is 9.18 Å². The van der Waals surface area contributed by atoms with E-state index in [0.717, 1.165) is 0 Å². The molecule has 1 heterocycles. The number of halogens is 1. The van der Waals surface area contributed by atoms with Crippen LogP contribution in [-0.2, 0) is 9.53 Å². The lowest BCUT2D eigenvalue weighted by molar-refractivity contribution is -0.117. The molecule has 0 aliphatic carbocycles. The molecule has 6 heteroatoms. The topological polar surface area (TPSA) is 46.6 Å². The van der Waals surface area contributed by atoms with Crippen molar-refractivity contribution in [1.29, 1.82) is 0 Å². The lowest BCUT2D eigenvalue weighted by Gasteiger charge is -2.19. The fourth-order valence-electron chi connectivity index (χ4n) is 2.14. The number of esters is 1. The van der Waals surface area contributed by atoms with Gasteiger partial charge in [0, 0.05) is 23.9 Å². The Labute approximate surface area is 115 Å². The highest BCUT2D eigenvalue weighted by molar-refractivity contribution is 7.81. The third-order valence-corrected chi connectivity index (χ3v) is 3.43. The van der Waals surface area contributed by atoms with Crippen LogP contribution < -0.4 is 4.90 Å². The second-order valence-corrected chi connectivity index (χ2v) is 5.20. The Morgan fingerprint density at radius 1 is 1.53 bits per heavy atom. The van der Waals surface area contributed by atoms with Crippen molar-refractivity contribution >= 4 is 30.2 Å². The Morgan fingerprint density at radius 3 is 2.74 bits per heavy atom. The average Bonchev–Trinajstić information content (AvgIpc) is 2.67. The van der Waals surface area contributed by atoms with Crippen molar-refractivity contribution in [3.05, 3.63) is 29.1 Å². The zero-order chi connectivity index (χ0) is 14.2. The maximum Gasteiger partial charge on any atom is 0.340 e. The summed E-state index contributed by atoms with van der Waals surface area (Å²) in [6, 6.07) is 2.60. The van der Waals surface area contributed by atoms with Crippen LogP contribution in [-0.4, -0.2) is 30.8 Å². The van der Waals surface area contributed by atoms with Gasteiger partial charge in [0.25, 0.3) is 0 Å². The highest BCUT2D eigenvalue weighted by Gasteiger charge is 2.30. The van der Waals surface area contributed by atoms with Gasteiger partial charge >= 0.3 is 5.97 Å². The maximum atomic E-state index is 13.7. The predicted molar refractivity (Wildman–Crippen MR) is 72.2 cm³/mol. The number of thiol groups is 1. The molecule has 1 aromatic rings. The van der Waals surface area contributed by atoms with Gasteiger partial charge in [0.05, 0.1) is 12.7 Å². The molecule has 1 aliphatic rings. The first-order chi connectivity index (χ1) is 8.93. The zero-order valence-electron chi connectivity index (χ0n) is 10.6. The first-order valence-electron chi connectivity index (χ1n) is 5.81. The standard InChI is InChI=1S/C13H14FNO3S/c1-7-3-10(14)9(13(17)18-2)5-11(7)15-6-8(19)4-12(15)16/h3,5,8,19H,4,6H2,1-2H3. The SMILES string of the molecule is COC(=O)c1cc(N2CC(S)CC2=O)c(C)cc1F. The number of amides is 1. The van der Waals surface area contributed by atoms with Crippen molar-refractivity contribution in [2.45, 2.75) is 18.6 Å². The smallest absolute Gasteiger partial charge is 0.340 e. The lowest BCUT2D eigenvalue weighted by Crippen LogP contribution is -2.26. The number of carbonyl (C=O) groups is 2. The normalized spacial score (nSPS) is 18.8. The van der Waals surface area contributed by atoms with Crippen LogP contribution in [0.3, 0.4) is 0 Å². The Bertz CT molecular complexity index is 547. The number of anilines is 1. The molecule has 1 amide bonds. The predicted octanol–water partition coefficient (Wildman–Crippen LogP) is 1.96. The number of methoxy groups -OCH3 is 1. The van der Waals surface area contributed by atoms with Gasteiger partial charge in [-0.15, -0.1) is 0 Å². The highest BCUT2D eigenvalue weighted by Crippen LogP contribution is 2.29. The van der Waals surface area contributed by atoms with E-state index in [1.807, 2.05) is 0 Å². The maximum absolute atomic E-state index is 13.7. The molecule has 19 heavy (non-hydrogen) atoms. The number of hydrogen-bond acceptors (Lipinski definition) is 4. The third kappa shape index (κ3) is 2.58. The van der Waals surface area contributed by atoms with Crippen LogP contribution in [0.5, 0.6) is 0 Å². The van der Waals surface area contributed by atoms with Crippen molar-refractivity contribution < 1.29 is 18.7 Å². The van der Waals surface area contributed by atoms with E-state index < -0.39 is 11.8 Å². The van der Waals surface area contributed by atoms with Crippen LogP contribution >= 0.6 is 12.6 Å². The Kier molecular flexibility index (Phi) is 3.80. The minimum absolute atomic E-state index is 0.0430. The van der Waals surface area contributed by atoms with Crippen molar-refractivity contribution in [2.24, 2.45) is 0 Å². The monoisotopic (exact) mass is 283 g/mol.